The molecule has 2 atom stereocenters. The summed E-state index contributed by atoms with van der Waals surface area (Å²) in [5.41, 5.74) is 1.40. The molecule has 0 saturated heterocycles. The largest absolute Gasteiger partial charge is 0.629 e. The highest BCUT2D eigenvalue weighted by atomic mass is 35.5. The number of hydroxylamine groups is 1. The van der Waals surface area contributed by atoms with Gasteiger partial charge in [0.05, 0.1) is 7.05 Å². The molecular weight excluding hydrogens is 222 g/mol. The summed E-state index contributed by atoms with van der Waals surface area (Å²) < 4.78 is 11.0. The van der Waals surface area contributed by atoms with Crippen LogP contribution in [-0.2, 0) is 16.6 Å². The fourth-order valence-electron chi connectivity index (χ4n) is 1.17. The van der Waals surface area contributed by atoms with Gasteiger partial charge in [-0.25, -0.2) is 0 Å². The Hall–Kier alpha value is -0.420. The van der Waals surface area contributed by atoms with E-state index in [1.807, 2.05) is 0 Å². The lowest BCUT2D eigenvalue weighted by molar-refractivity contribution is -0.751. The van der Waals surface area contributed by atoms with Crippen LogP contribution in [0.2, 0.25) is 5.02 Å². The molecule has 0 aliphatic heterocycles. The van der Waals surface area contributed by atoms with Crippen molar-refractivity contribution in [3.8, 4) is 0 Å². The summed E-state index contributed by atoms with van der Waals surface area (Å²) in [6, 6.07) is 5.08. The molecule has 0 amide bonds. The van der Waals surface area contributed by atoms with Gasteiger partial charge in [0, 0.05) is 40.0 Å². The van der Waals surface area contributed by atoms with Crippen molar-refractivity contribution in [2.24, 2.45) is 0 Å². The molecule has 2 unspecified atom stereocenters. The van der Waals surface area contributed by atoms with Crippen molar-refractivity contribution in [3.63, 3.8) is 0 Å². The van der Waals surface area contributed by atoms with E-state index in [0.717, 1.165) is 5.56 Å². The molecule has 0 aromatic heterocycles. The zero-order valence-corrected chi connectivity index (χ0v) is 9.61. The molecule has 0 fully saturated rings. The lowest BCUT2D eigenvalue weighted by Gasteiger charge is -2.16. The van der Waals surface area contributed by atoms with Crippen molar-refractivity contribution >= 4 is 28.1 Å². The smallest absolute Gasteiger partial charge is 0.132 e. The lowest BCUT2D eigenvalue weighted by atomic mass is 10.2. The maximum atomic E-state index is 11.1. The van der Waals surface area contributed by atoms with Crippen LogP contribution in [0.25, 0.3) is 0 Å². The van der Waals surface area contributed by atoms with Crippen LogP contribution in [0.5, 0.6) is 0 Å². The number of hydrogen-bond acceptors (Lipinski definition) is 2. The van der Waals surface area contributed by atoms with E-state index in [0.29, 0.717) is 16.5 Å². The van der Waals surface area contributed by atoms with Crippen LogP contribution in [-0.4, -0.2) is 17.5 Å². The molecule has 0 heterocycles. The predicted octanol–water partition coefficient (Wildman–Crippen LogP) is 0.863. The normalized spacial score (nSPS) is 15.1. The molecule has 0 spiro atoms. The van der Waals surface area contributed by atoms with Gasteiger partial charge in [0.15, 0.2) is 0 Å². The van der Waals surface area contributed by atoms with Gasteiger partial charge in [-0.05, 0) is 11.6 Å². The summed E-state index contributed by atoms with van der Waals surface area (Å²) >= 11 is 5.83. The molecule has 78 valence electrons. The third-order valence-corrected chi connectivity index (χ3v) is 2.69. The number of rotatable bonds is 3. The quantitative estimate of drug-likeness (QED) is 0.788. The molecule has 0 radical (unpaired) electrons. The van der Waals surface area contributed by atoms with Crippen LogP contribution in [0.15, 0.2) is 18.2 Å². The Morgan fingerprint density at radius 1 is 1.50 bits per heavy atom. The van der Waals surface area contributed by atoms with Gasteiger partial charge < -0.3 is 10.3 Å². The van der Waals surface area contributed by atoms with E-state index < -0.39 is 10.8 Å². The number of halogens is 1. The van der Waals surface area contributed by atoms with E-state index in [-0.39, 0.29) is 5.06 Å². The Bertz CT molecular complexity index is 355. The minimum Gasteiger partial charge on any atom is -0.629 e. The van der Waals surface area contributed by atoms with Gasteiger partial charge in [-0.1, -0.05) is 11.6 Å². The van der Waals surface area contributed by atoms with Gasteiger partial charge in [-0.3, -0.25) is 4.21 Å². The standard InChI is InChI=1S/C9H12ClNO2S/c1-11(12)9-4-7(6-14(2)13)3-8(10)5-9/h3-5,11H,6H2,1-2H3. The second kappa shape index (κ2) is 4.89. The molecule has 5 heteroatoms. The Morgan fingerprint density at radius 2 is 2.14 bits per heavy atom. The zero-order chi connectivity index (χ0) is 10.7. The predicted molar refractivity (Wildman–Crippen MR) is 59.1 cm³/mol. The summed E-state index contributed by atoms with van der Waals surface area (Å²) in [5.74, 6) is 0.431. The monoisotopic (exact) mass is 233 g/mol. The molecule has 0 bridgehead atoms. The van der Waals surface area contributed by atoms with Crippen molar-refractivity contribution in [1.82, 2.24) is 0 Å². The summed E-state index contributed by atoms with van der Waals surface area (Å²) in [5, 5.41) is 11.6. The van der Waals surface area contributed by atoms with Crippen molar-refractivity contribution in [2.45, 2.75) is 5.75 Å². The van der Waals surface area contributed by atoms with E-state index in [1.54, 1.807) is 24.5 Å². The highest BCUT2D eigenvalue weighted by Crippen LogP contribution is 2.17. The number of nitrogens with one attached hydrogen (secondary N) is 1. The third kappa shape index (κ3) is 3.38. The first kappa shape index (κ1) is 11.7. The van der Waals surface area contributed by atoms with Gasteiger partial charge in [0.25, 0.3) is 0 Å². The molecule has 1 N–H and O–H groups in total. The number of hydrogen-bond donors (Lipinski definition) is 1. The highest BCUT2D eigenvalue weighted by molar-refractivity contribution is 7.83. The van der Waals surface area contributed by atoms with Crippen LogP contribution >= 0.6 is 11.6 Å². The Balaban J connectivity index is 3.01. The van der Waals surface area contributed by atoms with Crippen LogP contribution < -0.4 is 5.06 Å². The average Bonchev–Trinajstić information content (AvgIpc) is 2.01. The minimum absolute atomic E-state index is 0.0318. The molecular formula is C9H12ClNO2S. The van der Waals surface area contributed by atoms with Crippen LogP contribution in [0, 0.1) is 5.21 Å². The van der Waals surface area contributed by atoms with Crippen molar-refractivity contribution in [2.75, 3.05) is 13.3 Å². The average molecular weight is 234 g/mol. The van der Waals surface area contributed by atoms with E-state index in [9.17, 15) is 9.42 Å². The lowest BCUT2D eigenvalue weighted by Crippen LogP contribution is -2.98. The van der Waals surface area contributed by atoms with Crippen LogP contribution in [0.3, 0.4) is 0 Å². The fourth-order valence-corrected chi connectivity index (χ4v) is 2.07. The Kier molecular flexibility index (Phi) is 4.07. The number of quaternary nitrogens is 1. The maximum Gasteiger partial charge on any atom is 0.132 e. The summed E-state index contributed by atoms with van der Waals surface area (Å²) in [6.45, 7) is 0. The van der Waals surface area contributed by atoms with Crippen LogP contribution in [0.4, 0.5) is 5.69 Å². The Labute approximate surface area is 90.7 Å². The van der Waals surface area contributed by atoms with Crippen molar-refractivity contribution < 1.29 is 9.27 Å². The SMILES string of the molecule is C[NH+]([O-])c1cc(Cl)cc(CS(C)=O)c1. The molecule has 0 aliphatic carbocycles. The fraction of sp³-hybridized carbons (Fsp3) is 0.333. The van der Waals surface area contributed by atoms with Crippen molar-refractivity contribution in [1.29, 1.82) is 0 Å². The molecule has 1 rings (SSSR count). The molecule has 1 aromatic carbocycles. The first-order valence-corrected chi connectivity index (χ1v) is 6.20. The van der Waals surface area contributed by atoms with Crippen molar-refractivity contribution in [3.05, 3.63) is 34.0 Å². The van der Waals surface area contributed by atoms with Gasteiger partial charge in [-0.15, -0.1) is 0 Å². The molecule has 0 saturated carbocycles. The van der Waals surface area contributed by atoms with E-state index in [1.165, 1.54) is 7.05 Å². The summed E-state index contributed by atoms with van der Waals surface area (Å²) in [6.07, 6.45) is 1.62. The van der Waals surface area contributed by atoms with E-state index >= 15 is 0 Å². The zero-order valence-electron chi connectivity index (χ0n) is 8.04. The summed E-state index contributed by atoms with van der Waals surface area (Å²) in [7, 11) is 0.568. The second-order valence-corrected chi connectivity index (χ2v) is 4.99. The molecule has 14 heavy (non-hydrogen) atoms. The second-order valence-electron chi connectivity index (χ2n) is 3.12. The van der Waals surface area contributed by atoms with Gasteiger partial charge >= 0.3 is 0 Å². The van der Waals surface area contributed by atoms with E-state index in [4.69, 9.17) is 11.6 Å². The maximum absolute atomic E-state index is 11.1. The first-order valence-electron chi connectivity index (χ1n) is 4.09. The molecule has 1 aromatic rings. The van der Waals surface area contributed by atoms with E-state index in [2.05, 4.69) is 0 Å². The summed E-state index contributed by atoms with van der Waals surface area (Å²) in [4.78, 5) is 0. The molecule has 3 nitrogen and oxygen atoms in total. The van der Waals surface area contributed by atoms with Gasteiger partial charge in [0.1, 0.15) is 5.69 Å². The number of benzene rings is 1. The topological polar surface area (TPSA) is 44.6 Å². The van der Waals surface area contributed by atoms with Gasteiger partial charge in [0.2, 0.25) is 0 Å². The minimum atomic E-state index is -0.916. The van der Waals surface area contributed by atoms with Gasteiger partial charge in [-0.2, -0.15) is 0 Å². The molecule has 0 aliphatic rings. The third-order valence-electron chi connectivity index (χ3n) is 1.73. The Morgan fingerprint density at radius 3 is 2.64 bits per heavy atom. The highest BCUT2D eigenvalue weighted by Gasteiger charge is 2.04. The van der Waals surface area contributed by atoms with Crippen LogP contribution in [0.1, 0.15) is 5.56 Å². The first-order chi connectivity index (χ1) is 6.49.